The number of hydrogen-bond donors (Lipinski definition) is 1. The Hall–Kier alpha value is -2.08. The van der Waals surface area contributed by atoms with Gasteiger partial charge in [0, 0.05) is 6.61 Å². The summed E-state index contributed by atoms with van der Waals surface area (Å²) in [6.45, 7) is 1.17. The Balaban J connectivity index is 1.70. The summed E-state index contributed by atoms with van der Waals surface area (Å²) in [5.41, 5.74) is 1.15. The molecule has 1 aliphatic rings. The molecule has 3 rings (SSSR count). The summed E-state index contributed by atoms with van der Waals surface area (Å²) >= 11 is 0. The number of benzene rings is 1. The fourth-order valence-corrected chi connectivity index (χ4v) is 2.20. The highest BCUT2D eigenvalue weighted by molar-refractivity contribution is 5.91. The monoisotopic (exact) mass is 277 g/mol. The number of nitrogens with zero attached hydrogens (tertiary/aromatic N) is 1. The lowest BCUT2D eigenvalue weighted by molar-refractivity contribution is -0.0164. The summed E-state index contributed by atoms with van der Waals surface area (Å²) in [5, 5.41) is 8.91. The molecule has 0 aliphatic carbocycles. The molecule has 1 aromatic carbocycles. The van der Waals surface area contributed by atoms with Crippen molar-refractivity contribution in [1.82, 2.24) is 4.98 Å². The number of aromatic carboxylic acids is 1. The maximum absolute atomic E-state index is 10.9. The molecule has 0 radical (unpaired) electrons. The summed E-state index contributed by atoms with van der Waals surface area (Å²) in [6, 6.07) is 4.53. The first kappa shape index (κ1) is 12.9. The van der Waals surface area contributed by atoms with Crippen LogP contribution in [0.15, 0.2) is 22.6 Å². The predicted octanol–water partition coefficient (Wildman–Crippen LogP) is 2.47. The second-order valence-corrected chi connectivity index (χ2v) is 4.77. The fourth-order valence-electron chi connectivity index (χ4n) is 2.20. The van der Waals surface area contributed by atoms with Gasteiger partial charge in [-0.1, -0.05) is 0 Å². The SMILES string of the molecule is O=C(O)c1ccc2nc(OCC3CCCCO3)oc2c1. The van der Waals surface area contributed by atoms with E-state index in [-0.39, 0.29) is 17.7 Å². The minimum atomic E-state index is -0.999. The molecule has 0 bridgehead atoms. The number of aromatic nitrogens is 1. The number of carboxylic acids is 1. The zero-order valence-corrected chi connectivity index (χ0v) is 10.9. The van der Waals surface area contributed by atoms with E-state index in [1.165, 1.54) is 12.1 Å². The van der Waals surface area contributed by atoms with Crippen molar-refractivity contribution in [3.8, 4) is 6.08 Å². The van der Waals surface area contributed by atoms with Gasteiger partial charge in [0.15, 0.2) is 5.58 Å². The largest absolute Gasteiger partial charge is 0.478 e. The van der Waals surface area contributed by atoms with Crippen molar-refractivity contribution in [1.29, 1.82) is 0 Å². The molecule has 0 amide bonds. The third-order valence-electron chi connectivity index (χ3n) is 3.28. The lowest BCUT2D eigenvalue weighted by Crippen LogP contribution is -2.25. The molecule has 1 atom stereocenters. The number of ether oxygens (including phenoxy) is 2. The Labute approximate surface area is 115 Å². The summed E-state index contributed by atoms with van der Waals surface area (Å²) in [5.74, 6) is -0.999. The van der Waals surface area contributed by atoms with Crippen LogP contribution in [-0.2, 0) is 4.74 Å². The van der Waals surface area contributed by atoms with Gasteiger partial charge in [-0.15, -0.1) is 0 Å². The lowest BCUT2D eigenvalue weighted by atomic mass is 10.1. The van der Waals surface area contributed by atoms with Crippen molar-refractivity contribution in [2.75, 3.05) is 13.2 Å². The van der Waals surface area contributed by atoms with E-state index in [4.69, 9.17) is 19.0 Å². The third-order valence-corrected chi connectivity index (χ3v) is 3.28. The van der Waals surface area contributed by atoms with E-state index in [9.17, 15) is 4.79 Å². The number of rotatable bonds is 4. The van der Waals surface area contributed by atoms with Crippen LogP contribution in [0.3, 0.4) is 0 Å². The van der Waals surface area contributed by atoms with Crippen LogP contribution in [0.25, 0.3) is 11.1 Å². The number of oxazole rings is 1. The highest BCUT2D eigenvalue weighted by Crippen LogP contribution is 2.22. The van der Waals surface area contributed by atoms with Crippen molar-refractivity contribution < 1.29 is 23.8 Å². The lowest BCUT2D eigenvalue weighted by Gasteiger charge is -2.21. The highest BCUT2D eigenvalue weighted by Gasteiger charge is 2.16. The Morgan fingerprint density at radius 2 is 2.35 bits per heavy atom. The Bertz CT molecular complexity index is 615. The molecule has 2 aromatic rings. The van der Waals surface area contributed by atoms with Gasteiger partial charge >= 0.3 is 12.0 Å². The highest BCUT2D eigenvalue weighted by atomic mass is 16.6. The molecule has 1 fully saturated rings. The van der Waals surface area contributed by atoms with Crippen LogP contribution in [0, 0.1) is 0 Å². The Morgan fingerprint density at radius 1 is 1.45 bits per heavy atom. The first-order valence-corrected chi connectivity index (χ1v) is 6.60. The maximum atomic E-state index is 10.9. The summed E-state index contributed by atoms with van der Waals surface area (Å²) in [6.07, 6.45) is 3.44. The summed E-state index contributed by atoms with van der Waals surface area (Å²) in [4.78, 5) is 15.0. The van der Waals surface area contributed by atoms with Gasteiger partial charge in [-0.25, -0.2) is 4.79 Å². The molecule has 6 nitrogen and oxygen atoms in total. The molecule has 0 spiro atoms. The van der Waals surface area contributed by atoms with Gasteiger partial charge in [-0.2, -0.15) is 4.98 Å². The summed E-state index contributed by atoms with van der Waals surface area (Å²) in [7, 11) is 0. The quantitative estimate of drug-likeness (QED) is 0.924. The van der Waals surface area contributed by atoms with E-state index in [2.05, 4.69) is 4.98 Å². The van der Waals surface area contributed by atoms with Crippen LogP contribution in [-0.4, -0.2) is 35.4 Å². The Kier molecular flexibility index (Phi) is 3.56. The minimum absolute atomic E-state index is 0.0772. The number of fused-ring (bicyclic) bond motifs is 1. The smallest absolute Gasteiger partial charge is 0.394 e. The van der Waals surface area contributed by atoms with Gasteiger partial charge in [0.1, 0.15) is 12.1 Å². The zero-order valence-electron chi connectivity index (χ0n) is 10.9. The fraction of sp³-hybridized carbons (Fsp3) is 0.429. The molecule has 2 heterocycles. The topological polar surface area (TPSA) is 81.8 Å². The first-order valence-electron chi connectivity index (χ1n) is 6.60. The van der Waals surface area contributed by atoms with Gasteiger partial charge < -0.3 is 19.0 Å². The normalized spacial score (nSPS) is 19.1. The van der Waals surface area contributed by atoms with Crippen molar-refractivity contribution in [3.63, 3.8) is 0 Å². The van der Waals surface area contributed by atoms with Gasteiger partial charge in [0.25, 0.3) is 0 Å². The molecule has 6 heteroatoms. The van der Waals surface area contributed by atoms with Crippen LogP contribution in [0.5, 0.6) is 6.08 Å². The average molecular weight is 277 g/mol. The molecule has 1 N–H and O–H groups in total. The molecule has 20 heavy (non-hydrogen) atoms. The molecule has 1 aromatic heterocycles. The molecule has 1 saturated heterocycles. The molecule has 106 valence electrons. The number of carboxylic acid groups (broad SMARTS) is 1. The summed E-state index contributed by atoms with van der Waals surface area (Å²) < 4.78 is 16.4. The maximum Gasteiger partial charge on any atom is 0.394 e. The molecular weight excluding hydrogens is 262 g/mol. The zero-order chi connectivity index (χ0) is 13.9. The van der Waals surface area contributed by atoms with Gasteiger partial charge in [0.05, 0.1) is 11.7 Å². The molecule has 0 saturated carbocycles. The predicted molar refractivity (Wildman–Crippen MR) is 70.1 cm³/mol. The van der Waals surface area contributed by atoms with Gasteiger partial charge in [-0.3, -0.25) is 0 Å². The number of hydrogen-bond acceptors (Lipinski definition) is 5. The van der Waals surface area contributed by atoms with E-state index in [0.717, 1.165) is 25.9 Å². The van der Waals surface area contributed by atoms with Crippen molar-refractivity contribution >= 4 is 17.1 Å². The van der Waals surface area contributed by atoms with Crippen molar-refractivity contribution in [3.05, 3.63) is 23.8 Å². The minimum Gasteiger partial charge on any atom is -0.478 e. The van der Waals surface area contributed by atoms with Crippen LogP contribution in [0.1, 0.15) is 29.6 Å². The van der Waals surface area contributed by atoms with Gasteiger partial charge in [-0.05, 0) is 37.5 Å². The van der Waals surface area contributed by atoms with Crippen LogP contribution in [0.4, 0.5) is 0 Å². The second kappa shape index (κ2) is 5.50. The number of carbonyl (C=O) groups is 1. The van der Waals surface area contributed by atoms with E-state index >= 15 is 0 Å². The standard InChI is InChI=1S/C14H15NO5/c16-13(17)9-4-5-11-12(7-9)20-14(15-11)19-8-10-3-1-2-6-18-10/h4-5,7,10H,1-3,6,8H2,(H,16,17). The van der Waals surface area contributed by atoms with Crippen molar-refractivity contribution in [2.45, 2.75) is 25.4 Å². The second-order valence-electron chi connectivity index (χ2n) is 4.77. The first-order chi connectivity index (χ1) is 9.72. The van der Waals surface area contributed by atoms with E-state index < -0.39 is 5.97 Å². The molecular formula is C14H15NO5. The van der Waals surface area contributed by atoms with Crippen molar-refractivity contribution in [2.24, 2.45) is 0 Å². The van der Waals surface area contributed by atoms with E-state index in [0.29, 0.717) is 17.7 Å². The van der Waals surface area contributed by atoms with Gasteiger partial charge in [0.2, 0.25) is 0 Å². The molecule has 1 aliphatic heterocycles. The van der Waals surface area contributed by atoms with Crippen LogP contribution in [0.2, 0.25) is 0 Å². The Morgan fingerprint density at radius 3 is 3.10 bits per heavy atom. The van der Waals surface area contributed by atoms with E-state index in [1.54, 1.807) is 6.07 Å². The third kappa shape index (κ3) is 2.75. The molecule has 1 unspecified atom stereocenters. The van der Waals surface area contributed by atoms with Crippen LogP contribution < -0.4 is 4.74 Å². The average Bonchev–Trinajstić information content (AvgIpc) is 2.88. The van der Waals surface area contributed by atoms with E-state index in [1.807, 2.05) is 0 Å². The van der Waals surface area contributed by atoms with Crippen LogP contribution >= 0.6 is 0 Å².